The van der Waals surface area contributed by atoms with E-state index in [0.717, 1.165) is 43.6 Å². The monoisotopic (exact) mass is 2170 g/mol. The number of halogens is 5. The zero-order valence-corrected chi connectivity index (χ0v) is 92.6. The minimum atomic E-state index is -1.06. The molecule has 2 N–H and O–H groups in total. The van der Waals surface area contributed by atoms with E-state index in [9.17, 15) is 19.5 Å². The third kappa shape index (κ3) is 60.1. The first kappa shape index (κ1) is 123. The van der Waals surface area contributed by atoms with Gasteiger partial charge in [-0.1, -0.05) is 372 Å². The third-order valence-corrected chi connectivity index (χ3v) is 22.0. The second-order valence-electron chi connectivity index (χ2n) is 35.7. The van der Waals surface area contributed by atoms with E-state index in [0.29, 0.717) is 36.3 Å². The van der Waals surface area contributed by atoms with E-state index in [1.54, 1.807) is 90.1 Å². The Morgan fingerprint density at radius 3 is 0.799 bits per heavy atom. The van der Waals surface area contributed by atoms with Gasteiger partial charge < -0.3 is 60.4 Å². The van der Waals surface area contributed by atoms with Crippen molar-refractivity contribution in [3.8, 4) is 62.1 Å². The number of aryl methyl sites for hydroxylation is 5. The van der Waals surface area contributed by atoms with Crippen molar-refractivity contribution in [2.45, 2.75) is 261 Å². The van der Waals surface area contributed by atoms with Crippen LogP contribution in [0.4, 0.5) is 14.4 Å². The summed E-state index contributed by atoms with van der Waals surface area (Å²) in [4.78, 5) is 33.7. The fourth-order valence-corrected chi connectivity index (χ4v) is 13.8. The predicted octanol–water partition coefficient (Wildman–Crippen LogP) is 33.6. The standard InChI is InChI=1S/C24H26O.C22H28O3.C17H20O.C13H11BrO.C11H15Br.C11H15.C10H18O5.C7H7Cl.C6H5BrO.BrH.Mg.H2/c1-2-3-5-8-20-11-13-22(14-12-20)23-15-17-24(18-16-23)25-19-21-9-6-4-7-10-21;1-5-6-7-8-17-9-11-18(12-10-17)19-13-15-20(16-14-19)24-21(23)25-22(2,3)4;1-2-3-4-5-14-6-8-15(9-7-14)16-10-12-17(18)13-11-16;14-12-6-8-13(9-7-12)15-10-11-4-2-1-3-5-11;1-2-3-4-5-10-6-8-11(12)9-7-10;1-2-3-5-8-11-9-6-4-7-10-11;1-9(2,3)14-7(11)13-8(12)15-10(4,5)6;8-6-7-4-2-1-3-5-7;7-5-1-3-6(8)4-2-5;;;/h4,6-7,9-18H,2-3,5,8,19H2,1H3;9-16H,5-8H2,1-4H3;6-13,18H,2-5H2,1H3;1-9H,10H2;6-9H,2-5H2,1H3;6-7,9-10H,2-3,5,8H2,1H3;1-6H3;1-5H,6H2;1-4,8H;1H;;1H/q;;;;;-1;;;;;+2;/p-1. The molecule has 13 aromatic rings. The van der Waals surface area contributed by atoms with E-state index in [-0.39, 0.29) is 41.5 Å². The molecular weight excluding hydrogens is 2020 g/mol. The molecule has 0 atom stereocenters. The van der Waals surface area contributed by atoms with Crippen LogP contribution in [-0.2, 0) is 70.1 Å². The Hall–Kier alpha value is -9.95. The van der Waals surface area contributed by atoms with Crippen LogP contribution in [0.25, 0.3) is 33.4 Å². The molecule has 0 aliphatic heterocycles. The number of alkyl halides is 1. The molecular formula is C121H147Br4ClMgO12. The largest absolute Gasteiger partial charge is 2.00 e. The van der Waals surface area contributed by atoms with E-state index in [4.69, 9.17) is 45.1 Å². The third-order valence-electron chi connectivity index (χ3n) is 20.2. The molecule has 12 nitrogen and oxygen atoms in total. The molecule has 0 aliphatic rings. The molecule has 0 bridgehead atoms. The van der Waals surface area contributed by atoms with Crippen LogP contribution in [0.1, 0.15) is 239 Å². The smallest absolute Gasteiger partial charge is 1.00 e. The van der Waals surface area contributed by atoms with Gasteiger partial charge in [-0.3, -0.25) is 0 Å². The van der Waals surface area contributed by atoms with Crippen molar-refractivity contribution < 1.29 is 76.2 Å². The number of hydrogen-bond donors (Lipinski definition) is 2. The van der Waals surface area contributed by atoms with Gasteiger partial charge in [0, 0.05) is 20.7 Å². The summed E-state index contributed by atoms with van der Waals surface area (Å²) in [6.45, 7) is 27.8. The van der Waals surface area contributed by atoms with Gasteiger partial charge in [0.15, 0.2) is 0 Å². The number of phenolic OH excluding ortho intramolecular Hbond substituents is 2. The van der Waals surface area contributed by atoms with Crippen LogP contribution in [0.5, 0.6) is 28.7 Å². The first-order valence-electron chi connectivity index (χ1n) is 48.0. The average Bonchev–Trinajstić information content (AvgIpc) is 0.872. The zero-order chi connectivity index (χ0) is 99.7. The topological polar surface area (TPSA) is 156 Å². The maximum absolute atomic E-state index is 11.7. The van der Waals surface area contributed by atoms with E-state index in [2.05, 4.69) is 239 Å². The van der Waals surface area contributed by atoms with Crippen LogP contribution in [0.3, 0.4) is 0 Å². The quantitative estimate of drug-likeness (QED) is 0.00621. The molecule has 740 valence electrons. The van der Waals surface area contributed by atoms with Gasteiger partial charge in [0.25, 0.3) is 0 Å². The fourth-order valence-electron chi connectivity index (χ4n) is 12.8. The summed E-state index contributed by atoms with van der Waals surface area (Å²) in [6, 6.07) is 114. The number of carbonyl (C=O) groups excluding carboxylic acids is 3. The molecule has 0 fully saturated rings. The second kappa shape index (κ2) is 72.3. The van der Waals surface area contributed by atoms with Gasteiger partial charge in [0.05, 0.1) is 0 Å². The molecule has 13 rings (SSSR count). The Morgan fingerprint density at radius 2 is 0.525 bits per heavy atom. The minimum absolute atomic E-state index is 0. The van der Waals surface area contributed by atoms with Gasteiger partial charge in [-0.05, 0) is 283 Å². The summed E-state index contributed by atoms with van der Waals surface area (Å²) in [5.41, 5.74) is 15.8. The summed E-state index contributed by atoms with van der Waals surface area (Å²) in [7, 11) is 0. The van der Waals surface area contributed by atoms with E-state index >= 15 is 0 Å². The molecule has 0 spiro atoms. The van der Waals surface area contributed by atoms with Crippen molar-refractivity contribution >= 4 is 101 Å². The molecule has 18 heteroatoms. The number of ether oxygens (including phenoxy) is 7. The molecule has 0 unspecified atom stereocenters. The van der Waals surface area contributed by atoms with Crippen molar-refractivity contribution in [3.63, 3.8) is 0 Å². The average molecular weight is 2170 g/mol. The normalized spacial score (nSPS) is 10.3. The Balaban J connectivity index is 0.000000544. The first-order valence-corrected chi connectivity index (χ1v) is 50.9. The summed E-state index contributed by atoms with van der Waals surface area (Å²) in [5, 5.41) is 18.0. The number of hydrogen-bond acceptors (Lipinski definition) is 12. The maximum atomic E-state index is 11.7. The number of rotatable bonds is 31. The van der Waals surface area contributed by atoms with Crippen LogP contribution in [-0.4, -0.2) is 68.5 Å². The minimum Gasteiger partial charge on any atom is -1.00 e. The van der Waals surface area contributed by atoms with Crippen LogP contribution in [0.2, 0.25) is 0 Å². The first-order chi connectivity index (χ1) is 65.8. The van der Waals surface area contributed by atoms with Gasteiger partial charge in [-0.25, -0.2) is 14.4 Å². The van der Waals surface area contributed by atoms with Crippen molar-refractivity contribution in [3.05, 3.63) is 398 Å². The molecule has 0 aliphatic carbocycles. The van der Waals surface area contributed by atoms with E-state index < -0.39 is 35.3 Å². The number of benzene rings is 13. The summed E-state index contributed by atoms with van der Waals surface area (Å²) in [5.74, 6) is 3.50. The molecule has 0 amide bonds. The Morgan fingerprint density at radius 1 is 0.295 bits per heavy atom. The Bertz CT molecular complexity index is 5260. The van der Waals surface area contributed by atoms with Crippen LogP contribution >= 0.6 is 59.4 Å². The molecule has 0 saturated carbocycles. The van der Waals surface area contributed by atoms with Gasteiger partial charge in [-0.2, -0.15) is 35.9 Å². The molecule has 139 heavy (non-hydrogen) atoms. The van der Waals surface area contributed by atoms with Gasteiger partial charge in [-0.15, -0.1) is 11.6 Å². The number of carbonyl (C=O) groups is 3. The fraction of sp³-hybridized carbons (Fsp3) is 0.331. The number of aromatic hydroxyl groups is 2. The number of phenols is 2. The predicted molar refractivity (Wildman–Crippen MR) is 589 cm³/mol. The molecule has 13 aromatic carbocycles. The Labute approximate surface area is 890 Å². The van der Waals surface area contributed by atoms with Crippen LogP contribution in [0, 0.1) is 6.07 Å². The van der Waals surface area contributed by atoms with E-state index in [1.807, 2.05) is 160 Å². The zero-order valence-electron chi connectivity index (χ0n) is 84.1. The maximum Gasteiger partial charge on any atom is 2.00 e. The number of unbranched alkanes of at least 4 members (excludes halogenated alkanes) is 10. The molecule has 0 saturated heterocycles. The molecule has 0 aromatic heterocycles. The van der Waals surface area contributed by atoms with Gasteiger partial charge in [0.2, 0.25) is 0 Å². The van der Waals surface area contributed by atoms with Crippen molar-refractivity contribution in [1.29, 1.82) is 0 Å². The summed E-state index contributed by atoms with van der Waals surface area (Å²) < 4.78 is 38.8. The van der Waals surface area contributed by atoms with Crippen LogP contribution < -0.4 is 31.2 Å². The van der Waals surface area contributed by atoms with Crippen molar-refractivity contribution in [2.24, 2.45) is 0 Å². The van der Waals surface area contributed by atoms with E-state index in [1.165, 1.54) is 188 Å². The SMILES string of the molecule is Brc1ccc(OCc2ccccc2)cc1.CC(C)(C)OC(=O)OC(=O)OC(C)(C)C.CCCCCc1cc[c-]cc1.CCCCCc1ccc(-c2ccc(O)cc2)cc1.CCCCCc1ccc(-c2ccc(OC(=O)OC(C)(C)C)cc2)cc1.CCCCCc1ccc(-c2ccc(OCc3ccccc3)cc2)cc1.CCCCCc1ccc(Br)cc1.ClCc1ccccc1.Oc1ccc(Br)cc1.[Br-].[HH].[Mg+2]. The summed E-state index contributed by atoms with van der Waals surface area (Å²) >= 11 is 15.6. The molecule has 0 radical (unpaired) electrons. The van der Waals surface area contributed by atoms with Gasteiger partial charge in [0.1, 0.15) is 58.8 Å². The summed E-state index contributed by atoms with van der Waals surface area (Å²) in [6.07, 6.45) is 22.5. The van der Waals surface area contributed by atoms with Crippen LogP contribution in [0.15, 0.2) is 347 Å². The molecule has 0 heterocycles. The Kier molecular flexibility index (Phi) is 64.1. The second-order valence-corrected chi connectivity index (χ2v) is 38.7. The van der Waals surface area contributed by atoms with Crippen molar-refractivity contribution in [2.75, 3.05) is 0 Å². The van der Waals surface area contributed by atoms with Crippen molar-refractivity contribution in [1.82, 2.24) is 0 Å². The van der Waals surface area contributed by atoms with Gasteiger partial charge >= 0.3 is 41.5 Å².